The molecule has 0 saturated carbocycles. The van der Waals surface area contributed by atoms with Crippen LogP contribution in [0.15, 0.2) is 23.1 Å². The molecule has 0 bridgehead atoms. The van der Waals surface area contributed by atoms with Crippen molar-refractivity contribution < 1.29 is 20.1 Å². The minimum Gasteiger partial charge on any atom is -0.394 e. The average molecular weight is 311 g/mol. The SMILES string of the molecule is O=c1ccc2cn([C@@H]3O[C@H](CO)C(O)C3O)c(=S)nc2[nH]1. The fraction of sp³-hybridized carbons (Fsp3) is 0.417. The topological polar surface area (TPSA) is 121 Å². The Balaban J connectivity index is 2.09. The number of ether oxygens (including phenoxy) is 1. The summed E-state index contributed by atoms with van der Waals surface area (Å²) in [6.45, 7) is -0.420. The first kappa shape index (κ1) is 14.3. The summed E-state index contributed by atoms with van der Waals surface area (Å²) in [5, 5.41) is 29.5. The molecule has 1 saturated heterocycles. The molecule has 1 fully saturated rings. The largest absolute Gasteiger partial charge is 0.394 e. The number of aliphatic hydroxyl groups excluding tert-OH is 3. The van der Waals surface area contributed by atoms with E-state index in [1.54, 1.807) is 12.3 Å². The molecule has 0 aromatic carbocycles. The molecule has 21 heavy (non-hydrogen) atoms. The maximum atomic E-state index is 11.3. The zero-order chi connectivity index (χ0) is 15.1. The molecule has 3 rings (SSSR count). The summed E-state index contributed by atoms with van der Waals surface area (Å²) in [5.74, 6) is 0. The van der Waals surface area contributed by atoms with E-state index in [1.165, 1.54) is 10.6 Å². The van der Waals surface area contributed by atoms with E-state index in [1.807, 2.05) is 0 Å². The van der Waals surface area contributed by atoms with E-state index in [0.717, 1.165) is 0 Å². The Morgan fingerprint density at radius 2 is 2.14 bits per heavy atom. The molecule has 0 aliphatic carbocycles. The van der Waals surface area contributed by atoms with Crippen LogP contribution >= 0.6 is 12.2 Å². The van der Waals surface area contributed by atoms with Crippen LogP contribution in [-0.4, -0.2) is 54.8 Å². The van der Waals surface area contributed by atoms with Gasteiger partial charge in [0.15, 0.2) is 6.23 Å². The number of H-pyrrole nitrogens is 1. The lowest BCUT2D eigenvalue weighted by molar-refractivity contribution is -0.0538. The van der Waals surface area contributed by atoms with E-state index in [4.69, 9.17) is 22.1 Å². The van der Waals surface area contributed by atoms with Gasteiger partial charge >= 0.3 is 0 Å². The van der Waals surface area contributed by atoms with Crippen molar-refractivity contribution in [3.8, 4) is 0 Å². The van der Waals surface area contributed by atoms with Crippen LogP contribution in [0.3, 0.4) is 0 Å². The molecule has 0 spiro atoms. The third-order valence-electron chi connectivity index (χ3n) is 3.43. The van der Waals surface area contributed by atoms with E-state index in [-0.39, 0.29) is 10.3 Å². The van der Waals surface area contributed by atoms with Crippen LogP contribution in [0.2, 0.25) is 0 Å². The number of hydrogen-bond donors (Lipinski definition) is 4. The summed E-state index contributed by atoms with van der Waals surface area (Å²) in [6, 6.07) is 2.91. The highest BCUT2D eigenvalue weighted by atomic mass is 32.1. The van der Waals surface area contributed by atoms with Gasteiger partial charge in [-0.3, -0.25) is 9.36 Å². The molecule has 8 nitrogen and oxygen atoms in total. The molecule has 112 valence electrons. The Labute approximate surface area is 123 Å². The molecule has 2 aromatic rings. The second-order valence-corrected chi connectivity index (χ2v) is 5.15. The summed E-state index contributed by atoms with van der Waals surface area (Å²) in [6.07, 6.45) is -2.73. The van der Waals surface area contributed by atoms with Crippen LogP contribution < -0.4 is 5.56 Å². The van der Waals surface area contributed by atoms with Crippen LogP contribution in [0, 0.1) is 4.77 Å². The number of rotatable bonds is 2. The fourth-order valence-electron chi connectivity index (χ4n) is 2.32. The predicted molar refractivity (Wildman–Crippen MR) is 74.2 cm³/mol. The molecule has 4 atom stereocenters. The molecule has 9 heteroatoms. The molecule has 0 radical (unpaired) electrons. The number of hydrogen-bond acceptors (Lipinski definition) is 7. The number of nitrogens with zero attached hydrogens (tertiary/aromatic N) is 2. The number of aliphatic hydroxyl groups is 3. The molecule has 3 heterocycles. The van der Waals surface area contributed by atoms with Crippen molar-refractivity contribution >= 4 is 23.3 Å². The van der Waals surface area contributed by atoms with Crippen LogP contribution in [0.25, 0.3) is 11.0 Å². The second-order valence-electron chi connectivity index (χ2n) is 4.79. The highest BCUT2D eigenvalue weighted by Crippen LogP contribution is 2.29. The smallest absolute Gasteiger partial charge is 0.249 e. The zero-order valence-electron chi connectivity index (χ0n) is 10.7. The van der Waals surface area contributed by atoms with E-state index in [2.05, 4.69) is 9.97 Å². The monoisotopic (exact) mass is 311 g/mol. The number of aromatic amines is 1. The number of nitrogens with one attached hydrogen (secondary N) is 1. The minimum atomic E-state index is -1.24. The normalized spacial score (nSPS) is 29.1. The molecule has 1 aliphatic heterocycles. The quantitative estimate of drug-likeness (QED) is 0.529. The first-order chi connectivity index (χ1) is 10.0. The van der Waals surface area contributed by atoms with Gasteiger partial charge in [-0.15, -0.1) is 0 Å². The molecular formula is C12H13N3O5S. The first-order valence-electron chi connectivity index (χ1n) is 6.26. The molecule has 4 N–H and O–H groups in total. The van der Waals surface area contributed by atoms with Crippen molar-refractivity contribution in [1.82, 2.24) is 14.5 Å². The summed E-state index contributed by atoms with van der Waals surface area (Å²) in [7, 11) is 0. The van der Waals surface area contributed by atoms with Crippen LogP contribution in [0.1, 0.15) is 6.23 Å². The van der Waals surface area contributed by atoms with Gasteiger partial charge in [0.2, 0.25) is 10.3 Å². The van der Waals surface area contributed by atoms with Gasteiger partial charge in [-0.25, -0.2) is 4.98 Å². The number of pyridine rings is 1. The number of fused-ring (bicyclic) bond motifs is 1. The van der Waals surface area contributed by atoms with Crippen LogP contribution in [0.4, 0.5) is 0 Å². The highest BCUT2D eigenvalue weighted by Gasteiger charge is 2.43. The lowest BCUT2D eigenvalue weighted by Crippen LogP contribution is -2.33. The van der Waals surface area contributed by atoms with Gasteiger partial charge in [0.05, 0.1) is 6.61 Å². The van der Waals surface area contributed by atoms with Crippen molar-refractivity contribution in [2.45, 2.75) is 24.5 Å². The second kappa shape index (κ2) is 5.28. The van der Waals surface area contributed by atoms with Gasteiger partial charge in [-0.2, -0.15) is 0 Å². The lowest BCUT2D eigenvalue weighted by Gasteiger charge is -2.18. The van der Waals surface area contributed by atoms with Crippen molar-refractivity contribution in [2.75, 3.05) is 6.61 Å². The third-order valence-corrected chi connectivity index (χ3v) is 3.73. The van der Waals surface area contributed by atoms with Gasteiger partial charge < -0.3 is 25.0 Å². The maximum absolute atomic E-state index is 11.3. The van der Waals surface area contributed by atoms with Crippen molar-refractivity contribution in [1.29, 1.82) is 0 Å². The van der Waals surface area contributed by atoms with Gasteiger partial charge in [0.25, 0.3) is 0 Å². The number of aromatic nitrogens is 3. The highest BCUT2D eigenvalue weighted by molar-refractivity contribution is 7.71. The molecular weight excluding hydrogens is 298 g/mol. The van der Waals surface area contributed by atoms with Gasteiger partial charge in [0, 0.05) is 17.6 Å². The Hall–Kier alpha value is -1.65. The summed E-state index contributed by atoms with van der Waals surface area (Å²) < 4.78 is 6.88. The van der Waals surface area contributed by atoms with Gasteiger partial charge in [-0.05, 0) is 18.3 Å². The minimum absolute atomic E-state index is 0.0826. The average Bonchev–Trinajstić information content (AvgIpc) is 2.74. The van der Waals surface area contributed by atoms with E-state index < -0.39 is 31.1 Å². The Morgan fingerprint density at radius 3 is 2.81 bits per heavy atom. The summed E-state index contributed by atoms with van der Waals surface area (Å²) in [4.78, 5) is 17.9. The fourth-order valence-corrected chi connectivity index (χ4v) is 2.57. The van der Waals surface area contributed by atoms with Crippen LogP contribution in [0.5, 0.6) is 0 Å². The van der Waals surface area contributed by atoms with Gasteiger partial charge in [0.1, 0.15) is 24.0 Å². The third kappa shape index (κ3) is 2.39. The molecule has 0 amide bonds. The standard InChI is InChI=1S/C12H13N3O5S/c16-4-6-8(18)9(19)11(20-6)15-3-5-1-2-7(17)13-10(5)14-12(15)21/h1-3,6,8-9,11,16,18-19H,4H2,(H,13,14,17,21)/t6-,8?,9?,11-/m1/s1. The Kier molecular flexibility index (Phi) is 3.59. The molecule has 1 aliphatic rings. The van der Waals surface area contributed by atoms with Crippen molar-refractivity contribution in [3.05, 3.63) is 33.5 Å². The zero-order valence-corrected chi connectivity index (χ0v) is 11.5. The summed E-state index contributed by atoms with van der Waals surface area (Å²) >= 11 is 5.12. The van der Waals surface area contributed by atoms with Crippen molar-refractivity contribution in [3.63, 3.8) is 0 Å². The van der Waals surface area contributed by atoms with Crippen LogP contribution in [-0.2, 0) is 4.74 Å². The van der Waals surface area contributed by atoms with E-state index in [0.29, 0.717) is 11.0 Å². The first-order valence-corrected chi connectivity index (χ1v) is 6.67. The molecule has 2 unspecified atom stereocenters. The van der Waals surface area contributed by atoms with E-state index in [9.17, 15) is 15.0 Å². The maximum Gasteiger partial charge on any atom is 0.249 e. The van der Waals surface area contributed by atoms with Gasteiger partial charge in [-0.1, -0.05) is 0 Å². The Morgan fingerprint density at radius 1 is 1.38 bits per heavy atom. The van der Waals surface area contributed by atoms with Crippen molar-refractivity contribution in [2.24, 2.45) is 0 Å². The predicted octanol–water partition coefficient (Wildman–Crippen LogP) is -0.934. The summed E-state index contributed by atoms with van der Waals surface area (Å²) in [5.41, 5.74) is 0.0329. The van der Waals surface area contributed by atoms with E-state index >= 15 is 0 Å². The lowest BCUT2D eigenvalue weighted by atomic mass is 10.1. The Bertz CT molecular complexity index is 788. The molecule has 2 aromatic heterocycles.